The maximum absolute atomic E-state index is 12.8. The van der Waals surface area contributed by atoms with Crippen LogP contribution >= 0.6 is 0 Å². The Morgan fingerprint density at radius 2 is 1.87 bits per heavy atom. The van der Waals surface area contributed by atoms with Crippen LogP contribution in [0.4, 0.5) is 0 Å². The lowest BCUT2D eigenvalue weighted by molar-refractivity contribution is 0.0696. The van der Waals surface area contributed by atoms with Crippen LogP contribution in [0, 0.1) is 6.92 Å². The third-order valence-electron chi connectivity index (χ3n) is 4.20. The third kappa shape index (κ3) is 2.75. The Hall–Kier alpha value is -2.18. The second kappa shape index (κ2) is 5.79. The van der Waals surface area contributed by atoms with E-state index in [0.717, 1.165) is 12.0 Å². The van der Waals surface area contributed by atoms with Crippen molar-refractivity contribution in [3.63, 3.8) is 0 Å². The Balaban J connectivity index is 1.96. The van der Waals surface area contributed by atoms with Crippen LogP contribution in [0.2, 0.25) is 0 Å². The summed E-state index contributed by atoms with van der Waals surface area (Å²) in [6.07, 6.45) is 0.765. The van der Waals surface area contributed by atoms with Gasteiger partial charge in [0.1, 0.15) is 0 Å². The number of aromatic carboxylic acids is 1. The molecule has 1 heterocycles. The minimum atomic E-state index is -3.70. The molecule has 120 valence electrons. The molecule has 1 unspecified atom stereocenters. The lowest BCUT2D eigenvalue weighted by Gasteiger charge is -2.40. The molecule has 1 atom stereocenters. The number of hydrogen-bond acceptors (Lipinski definition) is 3. The van der Waals surface area contributed by atoms with E-state index in [0.29, 0.717) is 12.1 Å². The Bertz CT molecular complexity index is 846. The van der Waals surface area contributed by atoms with Gasteiger partial charge in [0.2, 0.25) is 10.0 Å². The fourth-order valence-corrected chi connectivity index (χ4v) is 4.47. The molecule has 6 heteroatoms. The van der Waals surface area contributed by atoms with Crippen molar-refractivity contribution in [1.29, 1.82) is 0 Å². The zero-order valence-electron chi connectivity index (χ0n) is 12.6. The molecular weight excluding hydrogens is 314 g/mol. The fourth-order valence-electron chi connectivity index (χ4n) is 2.79. The van der Waals surface area contributed by atoms with Gasteiger partial charge >= 0.3 is 5.97 Å². The van der Waals surface area contributed by atoms with Crippen LogP contribution in [-0.2, 0) is 10.0 Å². The smallest absolute Gasteiger partial charge is 0.335 e. The van der Waals surface area contributed by atoms with Gasteiger partial charge in [0.15, 0.2) is 0 Å². The molecule has 0 saturated carbocycles. The molecule has 3 rings (SSSR count). The molecule has 1 saturated heterocycles. The number of aryl methyl sites for hydroxylation is 1. The van der Waals surface area contributed by atoms with Crippen molar-refractivity contribution < 1.29 is 18.3 Å². The minimum Gasteiger partial charge on any atom is -0.478 e. The summed E-state index contributed by atoms with van der Waals surface area (Å²) in [6.45, 7) is 2.09. The average molecular weight is 331 g/mol. The van der Waals surface area contributed by atoms with Crippen molar-refractivity contribution in [3.05, 3.63) is 65.2 Å². The van der Waals surface area contributed by atoms with Crippen molar-refractivity contribution in [3.8, 4) is 0 Å². The molecule has 2 aromatic carbocycles. The zero-order chi connectivity index (χ0) is 16.6. The van der Waals surface area contributed by atoms with E-state index in [2.05, 4.69) is 0 Å². The van der Waals surface area contributed by atoms with Gasteiger partial charge in [0.25, 0.3) is 0 Å². The van der Waals surface area contributed by atoms with Crippen LogP contribution < -0.4 is 0 Å². The van der Waals surface area contributed by atoms with Crippen molar-refractivity contribution in [2.45, 2.75) is 24.3 Å². The van der Waals surface area contributed by atoms with Crippen LogP contribution in [0.5, 0.6) is 0 Å². The topological polar surface area (TPSA) is 74.7 Å². The summed E-state index contributed by atoms with van der Waals surface area (Å²) in [5.41, 5.74) is 1.51. The van der Waals surface area contributed by atoms with Gasteiger partial charge in [-0.15, -0.1) is 0 Å². The fraction of sp³-hybridized carbons (Fsp3) is 0.235. The summed E-state index contributed by atoms with van der Waals surface area (Å²) in [5.74, 6) is -1.12. The van der Waals surface area contributed by atoms with Gasteiger partial charge in [-0.2, -0.15) is 4.31 Å². The SMILES string of the molecule is Cc1ccc(S(=O)(=O)N2CCC2c2ccccc2)cc1C(=O)O. The summed E-state index contributed by atoms with van der Waals surface area (Å²) < 4.78 is 27.1. The maximum Gasteiger partial charge on any atom is 0.335 e. The van der Waals surface area contributed by atoms with Crippen molar-refractivity contribution in [2.24, 2.45) is 0 Å². The molecule has 1 aliphatic heterocycles. The quantitative estimate of drug-likeness (QED) is 0.935. The molecule has 0 amide bonds. The molecule has 1 aliphatic rings. The van der Waals surface area contributed by atoms with E-state index < -0.39 is 16.0 Å². The lowest BCUT2D eigenvalue weighted by atomic mass is 9.98. The summed E-state index contributed by atoms with van der Waals surface area (Å²) in [4.78, 5) is 11.3. The number of carbonyl (C=O) groups is 1. The van der Waals surface area contributed by atoms with Crippen LogP contribution in [0.15, 0.2) is 53.4 Å². The number of hydrogen-bond donors (Lipinski definition) is 1. The first-order valence-electron chi connectivity index (χ1n) is 7.32. The van der Waals surface area contributed by atoms with Gasteiger partial charge in [-0.1, -0.05) is 36.4 Å². The molecule has 0 bridgehead atoms. The first kappa shape index (κ1) is 15.7. The van der Waals surface area contributed by atoms with Crippen LogP contribution in [0.3, 0.4) is 0 Å². The van der Waals surface area contributed by atoms with Crippen molar-refractivity contribution in [2.75, 3.05) is 6.54 Å². The number of rotatable bonds is 4. The molecule has 5 nitrogen and oxygen atoms in total. The Morgan fingerprint density at radius 1 is 1.17 bits per heavy atom. The minimum absolute atomic E-state index is 0.0165. The molecule has 0 aromatic heterocycles. The number of benzene rings is 2. The summed E-state index contributed by atoms with van der Waals surface area (Å²) in [7, 11) is -3.70. The van der Waals surface area contributed by atoms with Gasteiger partial charge in [0, 0.05) is 6.54 Å². The molecule has 1 fully saturated rings. The van der Waals surface area contributed by atoms with Crippen molar-refractivity contribution >= 4 is 16.0 Å². The van der Waals surface area contributed by atoms with Gasteiger partial charge in [0.05, 0.1) is 16.5 Å². The Kier molecular flexibility index (Phi) is 3.95. The normalized spacial score (nSPS) is 18.4. The molecule has 0 radical (unpaired) electrons. The number of nitrogens with zero attached hydrogens (tertiary/aromatic N) is 1. The van der Waals surface area contributed by atoms with E-state index in [-0.39, 0.29) is 16.5 Å². The van der Waals surface area contributed by atoms with E-state index in [1.54, 1.807) is 6.92 Å². The highest BCUT2D eigenvalue weighted by molar-refractivity contribution is 7.89. The third-order valence-corrected chi connectivity index (χ3v) is 6.11. The summed E-state index contributed by atoms with van der Waals surface area (Å²) >= 11 is 0. The predicted octanol–water partition coefficient (Wildman–Crippen LogP) is 2.83. The van der Waals surface area contributed by atoms with Crippen molar-refractivity contribution in [1.82, 2.24) is 4.31 Å². The van der Waals surface area contributed by atoms with E-state index >= 15 is 0 Å². The number of carboxylic acid groups (broad SMARTS) is 1. The van der Waals surface area contributed by atoms with E-state index in [1.165, 1.54) is 22.5 Å². The Labute approximate surface area is 135 Å². The predicted molar refractivity (Wildman–Crippen MR) is 85.8 cm³/mol. The number of carboxylic acids is 1. The number of sulfonamides is 1. The summed E-state index contributed by atoms with van der Waals surface area (Å²) in [5, 5.41) is 9.19. The largest absolute Gasteiger partial charge is 0.478 e. The van der Waals surface area contributed by atoms with Crippen LogP contribution in [-0.4, -0.2) is 30.3 Å². The highest BCUT2D eigenvalue weighted by Crippen LogP contribution is 2.38. The first-order chi connectivity index (χ1) is 10.9. The van der Waals surface area contributed by atoms with Crippen LogP contribution in [0.1, 0.15) is 33.9 Å². The average Bonchev–Trinajstić information content (AvgIpc) is 2.46. The Morgan fingerprint density at radius 3 is 2.43 bits per heavy atom. The van der Waals surface area contributed by atoms with Crippen LogP contribution in [0.25, 0.3) is 0 Å². The van der Waals surface area contributed by atoms with E-state index in [1.807, 2.05) is 30.3 Å². The monoisotopic (exact) mass is 331 g/mol. The van der Waals surface area contributed by atoms with E-state index in [4.69, 9.17) is 0 Å². The lowest BCUT2D eigenvalue weighted by Crippen LogP contribution is -2.45. The molecule has 23 heavy (non-hydrogen) atoms. The first-order valence-corrected chi connectivity index (χ1v) is 8.76. The maximum atomic E-state index is 12.8. The molecular formula is C17H17NO4S. The van der Waals surface area contributed by atoms with E-state index in [9.17, 15) is 18.3 Å². The highest BCUT2D eigenvalue weighted by Gasteiger charge is 2.39. The van der Waals surface area contributed by atoms with Gasteiger partial charge < -0.3 is 5.11 Å². The standard InChI is InChI=1S/C17H17NO4S/c1-12-7-8-14(11-15(12)17(19)20)23(21,22)18-10-9-16(18)13-5-3-2-4-6-13/h2-8,11,16H,9-10H2,1H3,(H,19,20). The van der Waals surface area contributed by atoms with Gasteiger partial charge in [-0.05, 0) is 36.6 Å². The molecule has 2 aromatic rings. The zero-order valence-corrected chi connectivity index (χ0v) is 13.5. The highest BCUT2D eigenvalue weighted by atomic mass is 32.2. The summed E-state index contributed by atoms with van der Waals surface area (Å²) in [6, 6.07) is 13.5. The molecule has 0 spiro atoms. The second-order valence-corrected chi connectivity index (χ2v) is 7.50. The molecule has 1 N–H and O–H groups in total. The second-order valence-electron chi connectivity index (χ2n) is 5.61. The van der Waals surface area contributed by atoms with Gasteiger partial charge in [-0.3, -0.25) is 0 Å². The van der Waals surface area contributed by atoms with Gasteiger partial charge in [-0.25, -0.2) is 13.2 Å². The molecule has 0 aliphatic carbocycles.